The van der Waals surface area contributed by atoms with Gasteiger partial charge in [-0.25, -0.2) is 4.79 Å². The zero-order valence-corrected chi connectivity index (χ0v) is 19.5. The van der Waals surface area contributed by atoms with Crippen molar-refractivity contribution >= 4 is 11.9 Å². The molecule has 4 rings (SSSR count). The Labute approximate surface area is 190 Å². The van der Waals surface area contributed by atoms with E-state index in [4.69, 9.17) is 14.6 Å². The van der Waals surface area contributed by atoms with E-state index in [1.54, 1.807) is 0 Å². The van der Waals surface area contributed by atoms with Crippen molar-refractivity contribution in [3.05, 3.63) is 40.2 Å². The molecule has 1 atom stereocenters. The number of esters is 1. The molecule has 1 saturated heterocycles. The number of carbonyl (C=O) groups excluding carboxylic acids is 2. The predicted molar refractivity (Wildman–Crippen MR) is 121 cm³/mol. The van der Waals surface area contributed by atoms with Crippen LogP contribution in [0.5, 0.6) is 0 Å². The van der Waals surface area contributed by atoms with Crippen LogP contribution in [0.2, 0.25) is 0 Å². The highest BCUT2D eigenvalue weighted by molar-refractivity contribution is 5.97. The first kappa shape index (κ1) is 22.8. The van der Waals surface area contributed by atoms with Gasteiger partial charge in [0.1, 0.15) is 0 Å². The summed E-state index contributed by atoms with van der Waals surface area (Å²) < 4.78 is 13.2. The molecule has 3 aliphatic rings. The van der Waals surface area contributed by atoms with Crippen molar-refractivity contribution in [2.24, 2.45) is 11.3 Å². The van der Waals surface area contributed by atoms with E-state index in [-0.39, 0.29) is 23.2 Å². The van der Waals surface area contributed by atoms with E-state index in [1.165, 1.54) is 0 Å². The van der Waals surface area contributed by atoms with E-state index in [0.29, 0.717) is 32.5 Å². The maximum atomic E-state index is 12.9. The molecule has 7 heteroatoms. The molecule has 7 nitrogen and oxygen atoms in total. The van der Waals surface area contributed by atoms with E-state index >= 15 is 0 Å². The van der Waals surface area contributed by atoms with Crippen LogP contribution in [0.25, 0.3) is 0 Å². The molecule has 174 valence electrons. The summed E-state index contributed by atoms with van der Waals surface area (Å²) >= 11 is 0. The summed E-state index contributed by atoms with van der Waals surface area (Å²) in [5, 5.41) is 7.92. The second kappa shape index (κ2) is 9.61. The van der Waals surface area contributed by atoms with Crippen LogP contribution in [-0.4, -0.2) is 48.0 Å². The van der Waals surface area contributed by atoms with Gasteiger partial charge in [0.15, 0.2) is 0 Å². The first-order valence-electron chi connectivity index (χ1n) is 12.0. The van der Waals surface area contributed by atoms with Crippen molar-refractivity contribution in [2.45, 2.75) is 65.8 Å². The minimum absolute atomic E-state index is 0.0143. The van der Waals surface area contributed by atoms with Gasteiger partial charge in [0.25, 0.3) is 5.91 Å². The quantitative estimate of drug-likeness (QED) is 0.518. The Bertz CT molecular complexity index is 937. The molecule has 1 spiro atoms. The van der Waals surface area contributed by atoms with Gasteiger partial charge in [0, 0.05) is 44.2 Å². The number of nitrogens with one attached hydrogen (secondary N) is 1. The first-order chi connectivity index (χ1) is 15.5. The number of aromatic nitrogens is 2. The second-order valence-corrected chi connectivity index (χ2v) is 9.33. The van der Waals surface area contributed by atoms with Crippen LogP contribution >= 0.6 is 0 Å². The topological polar surface area (TPSA) is 82.5 Å². The van der Waals surface area contributed by atoms with Gasteiger partial charge < -0.3 is 14.8 Å². The number of hydrogen-bond donors (Lipinski definition) is 1. The summed E-state index contributed by atoms with van der Waals surface area (Å²) in [5.41, 5.74) is 4.52. The molecule has 0 saturated carbocycles. The van der Waals surface area contributed by atoms with Crippen LogP contribution in [0.3, 0.4) is 0 Å². The summed E-state index contributed by atoms with van der Waals surface area (Å²) in [4.78, 5) is 25.4. The number of aryl methyl sites for hydroxylation is 2. The van der Waals surface area contributed by atoms with Crippen molar-refractivity contribution in [1.29, 1.82) is 0 Å². The van der Waals surface area contributed by atoms with Gasteiger partial charge in [-0.2, -0.15) is 5.10 Å². The first-order valence-corrected chi connectivity index (χ1v) is 12.0. The molecule has 1 unspecified atom stereocenters. The minimum atomic E-state index is -0.223. The summed E-state index contributed by atoms with van der Waals surface area (Å²) in [6.45, 7) is 9.25. The maximum Gasteiger partial charge on any atom is 0.334 e. The lowest BCUT2D eigenvalue weighted by molar-refractivity contribution is -0.139. The monoisotopic (exact) mass is 441 g/mol. The zero-order chi connectivity index (χ0) is 22.7. The highest BCUT2D eigenvalue weighted by atomic mass is 16.5. The van der Waals surface area contributed by atoms with Gasteiger partial charge in [-0.1, -0.05) is 25.5 Å². The Hall–Kier alpha value is -2.41. The van der Waals surface area contributed by atoms with Crippen molar-refractivity contribution in [3.63, 3.8) is 0 Å². The molecule has 0 radical (unpaired) electrons. The number of allylic oxidation sites excluding steroid dienone is 3. The normalized spacial score (nSPS) is 22.1. The van der Waals surface area contributed by atoms with Gasteiger partial charge in [-0.05, 0) is 50.5 Å². The minimum Gasteiger partial charge on any atom is -0.462 e. The van der Waals surface area contributed by atoms with E-state index in [0.717, 1.165) is 67.0 Å². The van der Waals surface area contributed by atoms with Gasteiger partial charge in [-0.3, -0.25) is 9.48 Å². The molecule has 1 aromatic rings. The van der Waals surface area contributed by atoms with Crippen LogP contribution < -0.4 is 5.32 Å². The lowest BCUT2D eigenvalue weighted by atomic mass is 9.76. The molecular weight excluding hydrogens is 406 g/mol. The van der Waals surface area contributed by atoms with E-state index in [9.17, 15) is 9.59 Å². The second-order valence-electron chi connectivity index (χ2n) is 9.33. The third kappa shape index (κ3) is 4.53. The molecule has 3 heterocycles. The van der Waals surface area contributed by atoms with E-state index in [2.05, 4.69) is 18.3 Å². The largest absolute Gasteiger partial charge is 0.462 e. The fourth-order valence-corrected chi connectivity index (χ4v) is 5.18. The Morgan fingerprint density at radius 1 is 1.34 bits per heavy atom. The average Bonchev–Trinajstić information content (AvgIpc) is 3.31. The molecule has 0 bridgehead atoms. The highest BCUT2D eigenvalue weighted by Gasteiger charge is 2.39. The lowest BCUT2D eigenvalue weighted by Gasteiger charge is -2.36. The number of amides is 1. The fourth-order valence-electron chi connectivity index (χ4n) is 5.18. The summed E-state index contributed by atoms with van der Waals surface area (Å²) in [6, 6.07) is 0. The summed E-state index contributed by atoms with van der Waals surface area (Å²) in [6.07, 6.45) is 9.04. The van der Waals surface area contributed by atoms with Crippen molar-refractivity contribution in [1.82, 2.24) is 15.1 Å². The molecular formula is C25H35N3O4. The predicted octanol–water partition coefficient (Wildman–Crippen LogP) is 3.37. The summed E-state index contributed by atoms with van der Waals surface area (Å²) in [7, 11) is 0. The number of hydrogen-bond acceptors (Lipinski definition) is 5. The van der Waals surface area contributed by atoms with Gasteiger partial charge >= 0.3 is 5.97 Å². The SMILES string of the molecule is CCc1nn(CCCOC(=O)C2=CC(C)=CC2CC)c2c1C(=O)NCC1(CCOCC1)C2. The molecule has 32 heavy (non-hydrogen) atoms. The molecule has 1 aromatic heterocycles. The van der Waals surface area contributed by atoms with Crippen LogP contribution in [0.15, 0.2) is 23.3 Å². The van der Waals surface area contributed by atoms with Crippen LogP contribution in [0.4, 0.5) is 0 Å². The Balaban J connectivity index is 1.43. The molecule has 1 N–H and O–H groups in total. The Kier molecular flexibility index (Phi) is 6.84. The van der Waals surface area contributed by atoms with Crippen LogP contribution in [-0.2, 0) is 33.7 Å². The standard InChI is InChI=1S/C25H35N3O4/c1-4-18-13-17(3)14-19(18)24(30)32-10-6-9-28-21-15-25(7-11-31-12-8-25)16-26-23(29)22(21)20(5-2)27-28/h13-14,18H,4-12,15-16H2,1-3H3,(H,26,29). The zero-order valence-electron chi connectivity index (χ0n) is 19.5. The number of carbonyl (C=O) groups is 2. The highest BCUT2D eigenvalue weighted by Crippen LogP contribution is 2.37. The number of ether oxygens (including phenoxy) is 2. The number of rotatable bonds is 7. The molecule has 1 amide bonds. The Morgan fingerprint density at radius 2 is 2.12 bits per heavy atom. The van der Waals surface area contributed by atoms with Crippen molar-refractivity contribution < 1.29 is 19.1 Å². The summed E-state index contributed by atoms with van der Waals surface area (Å²) in [5.74, 6) is -0.0794. The Morgan fingerprint density at radius 3 is 2.84 bits per heavy atom. The molecule has 0 aromatic carbocycles. The van der Waals surface area contributed by atoms with E-state index < -0.39 is 0 Å². The van der Waals surface area contributed by atoms with Gasteiger partial charge in [-0.15, -0.1) is 0 Å². The lowest BCUT2D eigenvalue weighted by Crippen LogP contribution is -2.40. The van der Waals surface area contributed by atoms with Gasteiger partial charge in [0.05, 0.1) is 23.6 Å². The van der Waals surface area contributed by atoms with Gasteiger partial charge in [0.2, 0.25) is 0 Å². The van der Waals surface area contributed by atoms with Crippen LogP contribution in [0, 0.1) is 11.3 Å². The number of fused-ring (bicyclic) bond motifs is 1. The van der Waals surface area contributed by atoms with Crippen molar-refractivity contribution in [2.75, 3.05) is 26.4 Å². The third-order valence-corrected chi connectivity index (χ3v) is 7.08. The maximum absolute atomic E-state index is 12.9. The van der Waals surface area contributed by atoms with E-state index in [1.807, 2.05) is 24.6 Å². The number of nitrogens with zero attached hydrogens (tertiary/aromatic N) is 2. The fraction of sp³-hybridized carbons (Fsp3) is 0.640. The van der Waals surface area contributed by atoms with Crippen molar-refractivity contribution in [3.8, 4) is 0 Å². The van der Waals surface area contributed by atoms with Crippen LogP contribution in [0.1, 0.15) is 68.2 Å². The molecule has 1 aliphatic carbocycles. The molecule has 2 aliphatic heterocycles. The average molecular weight is 442 g/mol. The third-order valence-electron chi connectivity index (χ3n) is 7.08. The smallest absolute Gasteiger partial charge is 0.334 e. The molecule has 1 fully saturated rings.